The lowest BCUT2D eigenvalue weighted by Gasteiger charge is -2.21. The molecule has 4 heterocycles. The lowest BCUT2D eigenvalue weighted by atomic mass is 10.1. The van der Waals surface area contributed by atoms with Gasteiger partial charge in [0, 0.05) is 50.2 Å². The van der Waals surface area contributed by atoms with E-state index in [-0.39, 0.29) is 12.4 Å². The Morgan fingerprint density at radius 3 is 2.72 bits per heavy atom. The summed E-state index contributed by atoms with van der Waals surface area (Å²) in [5.74, 6) is 0.613. The standard InChI is InChI=1S/C24H28N8O4/c1-24(2,34)14-27-18-9-19(26-11-15(18)10-25)29-23(33)32(4)20-6-5-17(16-12-28-31(3)13-16)21(30-20)22-35-7-8-36-22/h5-6,9,11-13,22,34H,7-8,14H2,1-4H3,(H2,26,27,29,33). The van der Waals surface area contributed by atoms with E-state index in [2.05, 4.69) is 25.7 Å². The predicted octanol–water partition coefficient (Wildman–Crippen LogP) is 2.65. The normalized spacial score (nSPS) is 13.9. The number of pyridine rings is 2. The smallest absolute Gasteiger partial charge is 0.328 e. The molecule has 188 valence electrons. The Balaban J connectivity index is 1.56. The summed E-state index contributed by atoms with van der Waals surface area (Å²) in [7, 11) is 3.41. The van der Waals surface area contributed by atoms with Gasteiger partial charge >= 0.3 is 6.03 Å². The molecule has 12 heteroatoms. The molecule has 3 aromatic heterocycles. The summed E-state index contributed by atoms with van der Waals surface area (Å²) in [4.78, 5) is 23.2. The number of hydrogen-bond donors (Lipinski definition) is 3. The van der Waals surface area contributed by atoms with Crippen molar-refractivity contribution in [2.24, 2.45) is 7.05 Å². The van der Waals surface area contributed by atoms with Gasteiger partial charge in [-0.2, -0.15) is 10.4 Å². The molecule has 3 N–H and O–H groups in total. The van der Waals surface area contributed by atoms with E-state index in [1.807, 2.05) is 25.4 Å². The molecule has 0 bridgehead atoms. The van der Waals surface area contributed by atoms with Gasteiger partial charge in [-0.3, -0.25) is 14.9 Å². The van der Waals surface area contributed by atoms with Crippen molar-refractivity contribution in [2.75, 3.05) is 42.3 Å². The number of aliphatic hydroxyl groups is 1. The van der Waals surface area contributed by atoms with Crippen molar-refractivity contribution >= 4 is 23.4 Å². The van der Waals surface area contributed by atoms with Crippen LogP contribution in [-0.2, 0) is 16.5 Å². The van der Waals surface area contributed by atoms with Gasteiger partial charge in [0.2, 0.25) is 6.29 Å². The number of urea groups is 1. The average molecular weight is 493 g/mol. The molecule has 0 saturated carbocycles. The van der Waals surface area contributed by atoms with Crippen molar-refractivity contribution < 1.29 is 19.4 Å². The zero-order chi connectivity index (χ0) is 25.9. The first-order chi connectivity index (χ1) is 17.1. The van der Waals surface area contributed by atoms with E-state index in [4.69, 9.17) is 9.47 Å². The second-order valence-electron chi connectivity index (χ2n) is 8.96. The van der Waals surface area contributed by atoms with Crippen molar-refractivity contribution in [3.05, 3.63) is 48.0 Å². The molecule has 3 aromatic rings. The molecule has 0 radical (unpaired) electrons. The molecule has 0 atom stereocenters. The van der Waals surface area contributed by atoms with Crippen molar-refractivity contribution in [2.45, 2.75) is 25.7 Å². The third-order valence-electron chi connectivity index (χ3n) is 5.39. The fourth-order valence-electron chi connectivity index (χ4n) is 3.52. The van der Waals surface area contributed by atoms with Crippen molar-refractivity contribution in [3.63, 3.8) is 0 Å². The van der Waals surface area contributed by atoms with Gasteiger partial charge in [0.25, 0.3) is 0 Å². The summed E-state index contributed by atoms with van der Waals surface area (Å²) < 4.78 is 13.1. The number of hydrogen-bond acceptors (Lipinski definition) is 9. The maximum absolute atomic E-state index is 13.0. The van der Waals surface area contributed by atoms with E-state index < -0.39 is 17.9 Å². The number of aryl methyl sites for hydroxylation is 1. The number of nitrogens with zero attached hydrogens (tertiary/aromatic N) is 6. The topological polar surface area (TPSA) is 150 Å². The maximum atomic E-state index is 13.0. The average Bonchev–Trinajstić information content (AvgIpc) is 3.53. The van der Waals surface area contributed by atoms with E-state index in [1.54, 1.807) is 43.9 Å². The van der Waals surface area contributed by atoms with E-state index >= 15 is 0 Å². The molecule has 2 amide bonds. The van der Waals surface area contributed by atoms with E-state index in [1.165, 1.54) is 11.1 Å². The number of ether oxygens (including phenoxy) is 2. The van der Waals surface area contributed by atoms with E-state index in [9.17, 15) is 15.2 Å². The highest BCUT2D eigenvalue weighted by Crippen LogP contribution is 2.33. The highest BCUT2D eigenvalue weighted by atomic mass is 16.7. The summed E-state index contributed by atoms with van der Waals surface area (Å²) in [6, 6.07) is 6.68. The third kappa shape index (κ3) is 5.77. The van der Waals surface area contributed by atoms with Crippen LogP contribution < -0.4 is 15.5 Å². The summed E-state index contributed by atoms with van der Waals surface area (Å²) in [6.45, 7) is 4.40. The van der Waals surface area contributed by atoms with Gasteiger partial charge in [-0.05, 0) is 26.0 Å². The number of anilines is 3. The van der Waals surface area contributed by atoms with Crippen LogP contribution in [0.15, 0.2) is 36.8 Å². The summed E-state index contributed by atoms with van der Waals surface area (Å²) in [5.41, 5.74) is 1.95. The minimum absolute atomic E-state index is 0.209. The summed E-state index contributed by atoms with van der Waals surface area (Å²) in [6.07, 6.45) is 4.30. The Morgan fingerprint density at radius 1 is 1.33 bits per heavy atom. The number of nitriles is 1. The molecule has 1 aliphatic rings. The molecule has 1 fully saturated rings. The predicted molar refractivity (Wildman–Crippen MR) is 132 cm³/mol. The zero-order valence-electron chi connectivity index (χ0n) is 20.5. The fourth-order valence-corrected chi connectivity index (χ4v) is 3.52. The number of carbonyl (C=O) groups is 1. The van der Waals surface area contributed by atoms with Gasteiger partial charge in [0.1, 0.15) is 23.4 Å². The van der Waals surface area contributed by atoms with Gasteiger partial charge in [-0.1, -0.05) is 0 Å². The zero-order valence-corrected chi connectivity index (χ0v) is 20.5. The van der Waals surface area contributed by atoms with Crippen molar-refractivity contribution in [1.29, 1.82) is 5.26 Å². The molecule has 12 nitrogen and oxygen atoms in total. The van der Waals surface area contributed by atoms with Gasteiger partial charge < -0.3 is 19.9 Å². The largest absolute Gasteiger partial charge is 0.389 e. The van der Waals surface area contributed by atoms with Crippen molar-refractivity contribution in [3.8, 4) is 17.2 Å². The Morgan fingerprint density at radius 2 is 2.08 bits per heavy atom. The highest BCUT2D eigenvalue weighted by Gasteiger charge is 2.26. The van der Waals surface area contributed by atoms with Crippen LogP contribution in [0.5, 0.6) is 0 Å². The van der Waals surface area contributed by atoms with Crippen molar-refractivity contribution in [1.82, 2.24) is 19.7 Å². The van der Waals surface area contributed by atoms with Gasteiger partial charge in [0.15, 0.2) is 0 Å². The number of nitrogens with one attached hydrogen (secondary N) is 2. The molecule has 0 spiro atoms. The van der Waals surface area contributed by atoms with Crippen LogP contribution in [-0.4, -0.2) is 63.3 Å². The second-order valence-corrected chi connectivity index (χ2v) is 8.96. The Hall–Kier alpha value is -4.05. The van der Waals surface area contributed by atoms with Crippen LogP contribution in [0.2, 0.25) is 0 Å². The number of rotatable bonds is 7. The number of amides is 2. The molecule has 1 saturated heterocycles. The second kappa shape index (κ2) is 10.3. The molecule has 0 aromatic carbocycles. The van der Waals surface area contributed by atoms with Gasteiger partial charge in [0.05, 0.1) is 36.3 Å². The fraction of sp³-hybridized carbons (Fsp3) is 0.375. The molecule has 0 aliphatic carbocycles. The lowest BCUT2D eigenvalue weighted by Crippen LogP contribution is -2.32. The summed E-state index contributed by atoms with van der Waals surface area (Å²) >= 11 is 0. The number of aromatic nitrogens is 4. The SMILES string of the molecule is CN(C(=O)Nc1cc(NCC(C)(C)O)c(C#N)cn1)c1ccc(-c2cnn(C)c2)c(C2OCCO2)n1. The third-order valence-corrected chi connectivity index (χ3v) is 5.39. The van der Waals surface area contributed by atoms with E-state index in [0.29, 0.717) is 36.0 Å². The quantitative estimate of drug-likeness (QED) is 0.452. The van der Waals surface area contributed by atoms with Gasteiger partial charge in [-0.25, -0.2) is 14.8 Å². The van der Waals surface area contributed by atoms with Gasteiger partial charge in [-0.15, -0.1) is 0 Å². The molecular formula is C24H28N8O4. The van der Waals surface area contributed by atoms with E-state index in [0.717, 1.165) is 11.1 Å². The van der Waals surface area contributed by atoms with Crippen LogP contribution in [0.3, 0.4) is 0 Å². The van der Waals surface area contributed by atoms with Crippen LogP contribution >= 0.6 is 0 Å². The minimum Gasteiger partial charge on any atom is -0.389 e. The number of carbonyl (C=O) groups excluding carboxylic acids is 1. The maximum Gasteiger partial charge on any atom is 0.328 e. The van der Waals surface area contributed by atoms with Crippen LogP contribution in [0.25, 0.3) is 11.1 Å². The molecule has 4 rings (SSSR count). The minimum atomic E-state index is -0.988. The first kappa shape index (κ1) is 25.1. The Labute approximate surface area is 208 Å². The highest BCUT2D eigenvalue weighted by molar-refractivity contribution is 6.00. The molecular weight excluding hydrogens is 464 g/mol. The Bertz CT molecular complexity index is 1290. The molecule has 1 aliphatic heterocycles. The van der Waals surface area contributed by atoms with Crippen LogP contribution in [0, 0.1) is 11.3 Å². The Kier molecular flexibility index (Phi) is 7.16. The first-order valence-electron chi connectivity index (χ1n) is 11.3. The molecule has 36 heavy (non-hydrogen) atoms. The van der Waals surface area contributed by atoms with Crippen LogP contribution in [0.4, 0.5) is 22.1 Å². The van der Waals surface area contributed by atoms with Crippen LogP contribution in [0.1, 0.15) is 31.4 Å². The summed E-state index contributed by atoms with van der Waals surface area (Å²) in [5, 5.41) is 29.3. The monoisotopic (exact) mass is 492 g/mol. The molecule has 0 unspecified atom stereocenters. The first-order valence-corrected chi connectivity index (χ1v) is 11.3. The lowest BCUT2D eigenvalue weighted by molar-refractivity contribution is -0.0467.